The van der Waals surface area contributed by atoms with Gasteiger partial charge in [-0.25, -0.2) is 4.85 Å². The summed E-state index contributed by atoms with van der Waals surface area (Å²) in [6, 6.07) is 61.6. The molecule has 0 spiro atoms. The van der Waals surface area contributed by atoms with Crippen LogP contribution in [-0.4, -0.2) is 9.13 Å². The molecule has 0 radical (unpaired) electrons. The quantitative estimate of drug-likeness (QED) is 0.167. The van der Waals surface area contributed by atoms with E-state index in [1.807, 2.05) is 6.07 Å². The number of fused-ring (bicyclic) bond motifs is 9. The van der Waals surface area contributed by atoms with Crippen LogP contribution in [0.4, 0.5) is 5.69 Å². The molecule has 0 aliphatic carbocycles. The Morgan fingerprint density at radius 3 is 1.38 bits per heavy atom. The Kier molecular flexibility index (Phi) is 6.82. The van der Waals surface area contributed by atoms with Crippen LogP contribution in [0.25, 0.3) is 102 Å². The topological polar surface area (TPSA) is 38.0 Å². The van der Waals surface area contributed by atoms with Gasteiger partial charge < -0.3 is 9.13 Å². The van der Waals surface area contributed by atoms with Gasteiger partial charge >= 0.3 is 0 Å². The van der Waals surface area contributed by atoms with Crippen LogP contribution in [-0.2, 0) is 0 Å². The van der Waals surface area contributed by atoms with E-state index in [2.05, 4.69) is 184 Å². The Labute approximate surface area is 320 Å². The van der Waals surface area contributed by atoms with E-state index in [-0.39, 0.29) is 0 Å². The number of aromatic nitrogens is 2. The zero-order valence-electron chi connectivity index (χ0n) is 29.4. The molecule has 0 saturated carbocycles. The minimum Gasteiger partial charge on any atom is -0.319 e. The first-order valence-electron chi connectivity index (χ1n) is 18.2. The highest BCUT2D eigenvalue weighted by molar-refractivity contribution is 7.25. The lowest BCUT2D eigenvalue weighted by atomic mass is 9.96. The lowest BCUT2D eigenvalue weighted by molar-refractivity contribution is 1.17. The average Bonchev–Trinajstić information content (AvgIpc) is 3.90. The van der Waals surface area contributed by atoms with Crippen LogP contribution in [0.1, 0.15) is 5.56 Å². The summed E-state index contributed by atoms with van der Waals surface area (Å²) in [5, 5.41) is 17.7. The lowest BCUT2D eigenvalue weighted by Gasteiger charge is -2.14. The summed E-state index contributed by atoms with van der Waals surface area (Å²) in [4.78, 5) is 4.19. The molecule has 0 atom stereocenters. The van der Waals surface area contributed by atoms with Gasteiger partial charge in [0.1, 0.15) is 6.07 Å². The minimum absolute atomic E-state index is 0.620. The lowest BCUT2D eigenvalue weighted by Crippen LogP contribution is -1.99. The van der Waals surface area contributed by atoms with Crippen LogP contribution >= 0.6 is 11.3 Å². The number of hydrogen-bond donors (Lipinski definition) is 0. The number of rotatable bonds is 4. The van der Waals surface area contributed by atoms with Crippen LogP contribution in [0.5, 0.6) is 0 Å². The Hall–Kier alpha value is -7.44. The van der Waals surface area contributed by atoms with Crippen molar-refractivity contribution in [2.45, 2.75) is 0 Å². The molecular formula is C50H28N4S. The van der Waals surface area contributed by atoms with E-state index in [9.17, 15) is 5.26 Å². The van der Waals surface area contributed by atoms with E-state index in [0.29, 0.717) is 11.3 Å². The van der Waals surface area contributed by atoms with Crippen molar-refractivity contribution in [1.29, 1.82) is 5.26 Å². The highest BCUT2D eigenvalue weighted by Crippen LogP contribution is 2.44. The molecule has 4 nitrogen and oxygen atoms in total. The predicted molar refractivity (Wildman–Crippen MR) is 230 cm³/mol. The summed E-state index contributed by atoms with van der Waals surface area (Å²) in [7, 11) is 0. The van der Waals surface area contributed by atoms with Crippen molar-refractivity contribution in [3.63, 3.8) is 0 Å². The van der Waals surface area contributed by atoms with Crippen molar-refractivity contribution < 1.29 is 0 Å². The molecule has 55 heavy (non-hydrogen) atoms. The molecule has 5 heteroatoms. The van der Waals surface area contributed by atoms with Gasteiger partial charge in [0, 0.05) is 47.3 Å². The maximum Gasteiger partial charge on any atom is 0.218 e. The summed E-state index contributed by atoms with van der Waals surface area (Å²) in [6.45, 7) is 8.46. The van der Waals surface area contributed by atoms with Gasteiger partial charge in [0.15, 0.2) is 0 Å². The van der Waals surface area contributed by atoms with E-state index in [1.165, 1.54) is 20.2 Å². The molecule has 8 aromatic carbocycles. The molecule has 0 amide bonds. The van der Waals surface area contributed by atoms with E-state index < -0.39 is 0 Å². The molecule has 0 fully saturated rings. The molecular weight excluding hydrogens is 689 g/mol. The van der Waals surface area contributed by atoms with Gasteiger partial charge in [0.25, 0.3) is 0 Å². The second-order valence-corrected chi connectivity index (χ2v) is 14.9. The molecule has 0 aliphatic heterocycles. The van der Waals surface area contributed by atoms with Crippen LogP contribution < -0.4 is 0 Å². The second-order valence-electron chi connectivity index (χ2n) is 13.9. The first kappa shape index (κ1) is 31.1. The number of nitriles is 1. The largest absolute Gasteiger partial charge is 0.319 e. The molecule has 3 heterocycles. The molecule has 0 unspecified atom stereocenters. The summed E-state index contributed by atoms with van der Waals surface area (Å²) >= 11 is 1.76. The van der Waals surface area contributed by atoms with E-state index in [1.54, 1.807) is 11.3 Å². The van der Waals surface area contributed by atoms with Crippen molar-refractivity contribution >= 4 is 80.8 Å². The first-order valence-corrected chi connectivity index (χ1v) is 19.0. The summed E-state index contributed by atoms with van der Waals surface area (Å²) < 4.78 is 6.81. The number of para-hydroxylation sites is 5. The molecule has 0 aliphatic rings. The molecule has 0 saturated heterocycles. The number of nitrogens with zero attached hydrogens (tertiary/aromatic N) is 4. The van der Waals surface area contributed by atoms with Gasteiger partial charge in [-0.2, -0.15) is 5.26 Å². The summed E-state index contributed by atoms with van der Waals surface area (Å²) in [5.74, 6) is 0. The second kappa shape index (κ2) is 12.0. The van der Waals surface area contributed by atoms with Crippen LogP contribution in [0.15, 0.2) is 170 Å². The third kappa shape index (κ3) is 4.55. The molecule has 0 bridgehead atoms. The zero-order chi connectivity index (χ0) is 36.6. The zero-order valence-corrected chi connectivity index (χ0v) is 30.2. The van der Waals surface area contributed by atoms with Gasteiger partial charge in [0.2, 0.25) is 5.69 Å². The predicted octanol–water partition coefficient (Wildman–Crippen LogP) is 14.0. The highest BCUT2D eigenvalue weighted by atomic mass is 32.1. The van der Waals surface area contributed by atoms with Gasteiger partial charge in [0.05, 0.1) is 45.6 Å². The smallest absolute Gasteiger partial charge is 0.218 e. The number of thiophene rings is 1. The van der Waals surface area contributed by atoms with Crippen molar-refractivity contribution in [3.05, 3.63) is 187 Å². The normalized spacial score (nSPS) is 11.6. The minimum atomic E-state index is 0.620. The fourth-order valence-electron chi connectivity index (χ4n) is 8.62. The summed E-state index contributed by atoms with van der Waals surface area (Å²) in [5.41, 5.74) is 11.1. The fraction of sp³-hybridized carbons (Fsp3) is 0. The summed E-state index contributed by atoms with van der Waals surface area (Å²) in [6.07, 6.45) is 0. The van der Waals surface area contributed by atoms with Gasteiger partial charge in [-0.1, -0.05) is 109 Å². The fourth-order valence-corrected chi connectivity index (χ4v) is 9.69. The monoisotopic (exact) mass is 716 g/mol. The van der Waals surface area contributed by atoms with E-state index >= 15 is 0 Å². The van der Waals surface area contributed by atoms with Gasteiger partial charge in [-0.15, -0.1) is 11.3 Å². The van der Waals surface area contributed by atoms with E-state index in [4.69, 9.17) is 6.57 Å². The standard InChI is InChI=1S/C50H28N4S/c1-52-50-34(17-11-23-47(50)54-44-20-8-4-14-37(44)38-15-5-9-21-45(38)54)32-25-27-49-40(29-32)39-28-31(24-26-48(39)55-49)33-16-10-22-46(41(33)30-51)53-42-18-6-2-12-35(42)36-13-3-7-19-43(36)53/h2-29H. The Morgan fingerprint density at radius 2 is 0.891 bits per heavy atom. The molecule has 11 rings (SSSR count). The average molecular weight is 717 g/mol. The molecule has 11 aromatic rings. The Bertz CT molecular complexity index is 3140. The van der Waals surface area contributed by atoms with Crippen molar-refractivity contribution in [3.8, 4) is 39.7 Å². The number of benzene rings is 8. The van der Waals surface area contributed by atoms with E-state index in [0.717, 1.165) is 77.2 Å². The van der Waals surface area contributed by atoms with Crippen LogP contribution in [0.2, 0.25) is 0 Å². The molecule has 0 N–H and O–H groups in total. The number of hydrogen-bond acceptors (Lipinski definition) is 2. The molecule has 3 aromatic heterocycles. The Morgan fingerprint density at radius 1 is 0.455 bits per heavy atom. The van der Waals surface area contributed by atoms with Crippen molar-refractivity contribution in [2.24, 2.45) is 0 Å². The van der Waals surface area contributed by atoms with Crippen molar-refractivity contribution in [2.75, 3.05) is 0 Å². The maximum atomic E-state index is 10.8. The highest BCUT2D eigenvalue weighted by Gasteiger charge is 2.20. The third-order valence-corrected chi connectivity index (χ3v) is 12.2. The Balaban J connectivity index is 1.08. The first-order chi connectivity index (χ1) is 27.2. The molecule has 254 valence electrons. The maximum absolute atomic E-state index is 10.8. The van der Waals surface area contributed by atoms with Gasteiger partial charge in [-0.05, 0) is 77.4 Å². The van der Waals surface area contributed by atoms with Crippen LogP contribution in [0, 0.1) is 17.9 Å². The van der Waals surface area contributed by atoms with Crippen molar-refractivity contribution in [1.82, 2.24) is 9.13 Å². The third-order valence-electron chi connectivity index (χ3n) is 11.0. The van der Waals surface area contributed by atoms with Gasteiger partial charge in [-0.3, -0.25) is 0 Å². The SMILES string of the molecule is [C-]#[N+]c1c(-c2ccc3sc4ccc(-c5cccc(-n6c7ccccc7c7ccccc76)c5C#N)cc4c3c2)cccc1-n1c2ccccc2c2ccccc21. The van der Waals surface area contributed by atoms with Crippen LogP contribution in [0.3, 0.4) is 0 Å².